The Kier molecular flexibility index (Phi) is 5.23. The molecule has 0 saturated heterocycles. The third kappa shape index (κ3) is 3.64. The van der Waals surface area contributed by atoms with Gasteiger partial charge >= 0.3 is 0 Å². The van der Waals surface area contributed by atoms with E-state index >= 15 is 0 Å². The fourth-order valence-electron chi connectivity index (χ4n) is 3.72. The minimum atomic E-state index is 0.522. The number of aromatic nitrogens is 3. The molecule has 2 aromatic carbocycles. The zero-order valence-corrected chi connectivity index (χ0v) is 17.8. The quantitative estimate of drug-likeness (QED) is 0.384. The lowest BCUT2D eigenvalue weighted by atomic mass is 9.95. The van der Waals surface area contributed by atoms with Gasteiger partial charge in [-0.05, 0) is 84.5 Å². The molecule has 0 spiro atoms. The second kappa shape index (κ2) is 7.99. The Morgan fingerprint density at radius 1 is 1.03 bits per heavy atom. The number of benzene rings is 2. The number of hydrogen-bond acceptors (Lipinski definition) is 3. The molecule has 0 atom stereocenters. The van der Waals surface area contributed by atoms with E-state index in [1.54, 1.807) is 0 Å². The fraction of sp³-hybridized carbons (Fsp3) is 0.154. The predicted octanol–water partition coefficient (Wildman–Crippen LogP) is 6.56. The summed E-state index contributed by atoms with van der Waals surface area (Å²) in [4.78, 5) is 4.62. The third-order valence-electron chi connectivity index (χ3n) is 5.41. The number of hydrogen-bond donors (Lipinski definition) is 0. The lowest BCUT2D eigenvalue weighted by Gasteiger charge is -2.10. The summed E-state index contributed by atoms with van der Waals surface area (Å²) in [6, 6.07) is 16.7. The topological polar surface area (TPSA) is 43.9 Å². The van der Waals surface area contributed by atoms with E-state index in [-0.39, 0.29) is 0 Å². The highest BCUT2D eigenvalue weighted by atomic mass is 16.5. The minimum absolute atomic E-state index is 0.522. The molecule has 0 amide bonds. The van der Waals surface area contributed by atoms with Crippen molar-refractivity contribution in [1.82, 2.24) is 14.7 Å². The maximum absolute atomic E-state index is 5.57. The van der Waals surface area contributed by atoms with Crippen LogP contribution in [0.25, 0.3) is 40.3 Å². The van der Waals surface area contributed by atoms with Gasteiger partial charge in [0, 0.05) is 24.5 Å². The van der Waals surface area contributed by atoms with Gasteiger partial charge in [-0.15, -0.1) is 0 Å². The molecule has 4 nitrogen and oxygen atoms in total. The summed E-state index contributed by atoms with van der Waals surface area (Å²) < 4.78 is 7.60. The summed E-state index contributed by atoms with van der Waals surface area (Å²) in [5, 5.41) is 4.19. The van der Waals surface area contributed by atoms with Crippen molar-refractivity contribution in [2.45, 2.75) is 20.8 Å². The lowest BCUT2D eigenvalue weighted by molar-refractivity contribution is 0.428. The zero-order valence-electron chi connectivity index (χ0n) is 17.8. The maximum atomic E-state index is 5.57. The van der Waals surface area contributed by atoms with Crippen molar-refractivity contribution >= 4 is 17.7 Å². The molecule has 2 aromatic heterocycles. The van der Waals surface area contributed by atoms with Crippen LogP contribution in [0.15, 0.2) is 65.8 Å². The van der Waals surface area contributed by atoms with Crippen LogP contribution in [-0.4, -0.2) is 14.7 Å². The predicted molar refractivity (Wildman–Crippen MR) is 124 cm³/mol. The first kappa shape index (κ1) is 19.6. The van der Waals surface area contributed by atoms with Crippen LogP contribution in [0.5, 0.6) is 0 Å². The molecule has 4 rings (SSSR count). The van der Waals surface area contributed by atoms with Crippen molar-refractivity contribution in [1.29, 1.82) is 0 Å². The summed E-state index contributed by atoms with van der Waals surface area (Å²) in [6.07, 6.45) is 5.91. The molecule has 0 fully saturated rings. The van der Waals surface area contributed by atoms with E-state index in [1.807, 2.05) is 36.9 Å². The maximum Gasteiger partial charge on any atom is 0.258 e. The van der Waals surface area contributed by atoms with E-state index in [2.05, 4.69) is 79.1 Å². The highest BCUT2D eigenvalue weighted by Crippen LogP contribution is 2.30. The number of nitrogens with zero attached hydrogens (tertiary/aromatic N) is 3. The largest absolute Gasteiger partial charge is 0.351 e. The average molecular weight is 396 g/mol. The molecule has 4 aromatic rings. The van der Waals surface area contributed by atoms with Crippen molar-refractivity contribution in [2.75, 3.05) is 0 Å². The van der Waals surface area contributed by atoms with Crippen molar-refractivity contribution < 1.29 is 4.52 Å². The second-order valence-corrected chi connectivity index (χ2v) is 7.57. The van der Waals surface area contributed by atoms with Gasteiger partial charge in [0.25, 0.3) is 5.89 Å². The van der Waals surface area contributed by atoms with E-state index in [9.17, 15) is 0 Å². The minimum Gasteiger partial charge on any atom is -0.351 e. The van der Waals surface area contributed by atoms with Crippen molar-refractivity contribution in [3.8, 4) is 22.6 Å². The van der Waals surface area contributed by atoms with Gasteiger partial charge in [-0.1, -0.05) is 42.1 Å². The molecule has 0 bridgehead atoms. The highest BCUT2D eigenvalue weighted by molar-refractivity contribution is 5.80. The van der Waals surface area contributed by atoms with E-state index < -0.39 is 0 Å². The summed E-state index contributed by atoms with van der Waals surface area (Å²) >= 11 is 0. The first-order chi connectivity index (χ1) is 14.5. The fourth-order valence-corrected chi connectivity index (χ4v) is 3.72. The van der Waals surface area contributed by atoms with E-state index in [0.717, 1.165) is 22.4 Å². The first-order valence-electron chi connectivity index (χ1n) is 9.95. The molecule has 0 unspecified atom stereocenters. The van der Waals surface area contributed by atoms with Gasteiger partial charge in [-0.3, -0.25) is 0 Å². The van der Waals surface area contributed by atoms with Gasteiger partial charge in [0.15, 0.2) is 5.82 Å². The molecule has 0 aliphatic heterocycles. The molecular formula is C26H25N3O. The summed E-state index contributed by atoms with van der Waals surface area (Å²) in [5.74, 6) is 1.11. The highest BCUT2D eigenvalue weighted by Gasteiger charge is 2.13. The molecule has 0 N–H and O–H groups in total. The number of aryl methyl sites for hydroxylation is 3. The van der Waals surface area contributed by atoms with Crippen LogP contribution in [0.1, 0.15) is 35.1 Å². The molecule has 0 radical (unpaired) electrons. The van der Waals surface area contributed by atoms with Gasteiger partial charge in [0.1, 0.15) is 0 Å². The van der Waals surface area contributed by atoms with Gasteiger partial charge < -0.3 is 9.09 Å². The lowest BCUT2D eigenvalue weighted by Crippen LogP contribution is -1.90. The molecular weight excluding hydrogens is 370 g/mol. The van der Waals surface area contributed by atoms with Crippen LogP contribution in [0.2, 0.25) is 0 Å². The molecule has 2 heterocycles. The Morgan fingerprint density at radius 2 is 1.80 bits per heavy atom. The van der Waals surface area contributed by atoms with Crippen LogP contribution in [0.3, 0.4) is 0 Å². The number of allylic oxidation sites excluding steroid dienone is 1. The number of rotatable bonds is 5. The standard InChI is InChI=1S/C26H25N3O/c1-6-24-20(13-14-29(24)5)16-19(4)25-27-26(30-28-25)21-11-12-23(18(3)15-21)22-10-8-7-9-17(22)2/h6-16H,1H2,2-5H3/b19-16+. The third-order valence-corrected chi connectivity index (χ3v) is 5.41. The smallest absolute Gasteiger partial charge is 0.258 e. The first-order valence-corrected chi connectivity index (χ1v) is 9.95. The Morgan fingerprint density at radius 3 is 2.53 bits per heavy atom. The normalized spacial score (nSPS) is 11.7. The molecule has 0 saturated carbocycles. The monoisotopic (exact) mass is 395 g/mol. The van der Waals surface area contributed by atoms with Crippen LogP contribution >= 0.6 is 0 Å². The van der Waals surface area contributed by atoms with Crippen LogP contribution in [-0.2, 0) is 7.05 Å². The molecule has 4 heteroatoms. The van der Waals surface area contributed by atoms with Gasteiger partial charge in [-0.25, -0.2) is 0 Å². The molecule has 0 aliphatic carbocycles. The SMILES string of the molecule is C=Cc1c(/C=C(\C)c2noc(-c3ccc(-c4ccccc4C)c(C)c3)n2)ccn1C. The van der Waals surface area contributed by atoms with Crippen LogP contribution in [0.4, 0.5) is 0 Å². The zero-order chi connectivity index (χ0) is 21.3. The Hall–Kier alpha value is -3.66. The van der Waals surface area contributed by atoms with Crippen LogP contribution < -0.4 is 0 Å². The average Bonchev–Trinajstić information content (AvgIpc) is 3.36. The van der Waals surface area contributed by atoms with Crippen molar-refractivity contribution in [3.63, 3.8) is 0 Å². The van der Waals surface area contributed by atoms with E-state index in [0.29, 0.717) is 11.7 Å². The van der Waals surface area contributed by atoms with Crippen LogP contribution in [0, 0.1) is 13.8 Å². The summed E-state index contributed by atoms with van der Waals surface area (Å²) in [5.41, 5.74) is 8.88. The molecule has 30 heavy (non-hydrogen) atoms. The molecule has 150 valence electrons. The van der Waals surface area contributed by atoms with E-state index in [1.165, 1.54) is 22.3 Å². The Bertz CT molecular complexity index is 1260. The second-order valence-electron chi connectivity index (χ2n) is 7.57. The van der Waals surface area contributed by atoms with Crippen molar-refractivity contribution in [2.24, 2.45) is 7.05 Å². The Labute approximate surface area is 177 Å². The van der Waals surface area contributed by atoms with Gasteiger partial charge in [0.05, 0.1) is 0 Å². The van der Waals surface area contributed by atoms with E-state index in [4.69, 9.17) is 4.52 Å². The van der Waals surface area contributed by atoms with Crippen molar-refractivity contribution in [3.05, 3.63) is 89.5 Å². The Balaban J connectivity index is 1.64. The molecule has 0 aliphatic rings. The van der Waals surface area contributed by atoms with Gasteiger partial charge in [0.2, 0.25) is 0 Å². The summed E-state index contributed by atoms with van der Waals surface area (Å²) in [6.45, 7) is 10.1. The van der Waals surface area contributed by atoms with Gasteiger partial charge in [-0.2, -0.15) is 4.98 Å². The summed E-state index contributed by atoms with van der Waals surface area (Å²) in [7, 11) is 2.00.